The van der Waals surface area contributed by atoms with Crippen molar-refractivity contribution < 1.29 is 24.5 Å². The van der Waals surface area contributed by atoms with Gasteiger partial charge in [0.2, 0.25) is 5.91 Å². The Morgan fingerprint density at radius 2 is 2.00 bits per heavy atom. The maximum atomic E-state index is 11.6. The van der Waals surface area contributed by atoms with E-state index in [-0.39, 0.29) is 13.1 Å². The number of benzene rings is 1. The van der Waals surface area contributed by atoms with E-state index in [1.807, 2.05) is 0 Å². The van der Waals surface area contributed by atoms with E-state index in [0.29, 0.717) is 11.4 Å². The third kappa shape index (κ3) is 4.43. The number of hydrogen-bond donors (Lipinski definition) is 4. The molecule has 0 aliphatic rings. The van der Waals surface area contributed by atoms with Crippen LogP contribution in [0.15, 0.2) is 24.3 Å². The zero-order valence-electron chi connectivity index (χ0n) is 11.3. The van der Waals surface area contributed by atoms with Crippen molar-refractivity contribution in [1.29, 1.82) is 0 Å². The van der Waals surface area contributed by atoms with Crippen LogP contribution < -0.4 is 15.4 Å². The molecule has 0 aliphatic heterocycles. The van der Waals surface area contributed by atoms with Crippen molar-refractivity contribution in [2.75, 3.05) is 25.5 Å². The summed E-state index contributed by atoms with van der Waals surface area (Å²) in [7, 11) is 1.52. The average Bonchev–Trinajstić information content (AvgIpc) is 2.43. The predicted molar refractivity (Wildman–Crippen MR) is 72.8 cm³/mol. The second kappa shape index (κ2) is 6.76. The third-order valence-corrected chi connectivity index (χ3v) is 2.64. The molecular formula is C13H18N2O5. The smallest absolute Gasteiger partial charge is 0.337 e. The lowest BCUT2D eigenvalue weighted by molar-refractivity contribution is -0.156. The Labute approximate surface area is 116 Å². The molecule has 0 saturated heterocycles. The fraction of sp³-hybridized carbons (Fsp3) is 0.385. The van der Waals surface area contributed by atoms with E-state index in [1.54, 1.807) is 24.3 Å². The summed E-state index contributed by atoms with van der Waals surface area (Å²) in [5.41, 5.74) is -1.34. The van der Waals surface area contributed by atoms with E-state index in [0.717, 1.165) is 6.92 Å². The lowest BCUT2D eigenvalue weighted by atomic mass is 10.1. The number of hydrogen-bond acceptors (Lipinski definition) is 5. The topological polar surface area (TPSA) is 108 Å². The van der Waals surface area contributed by atoms with Gasteiger partial charge in [0.25, 0.3) is 0 Å². The number of carboxylic acids is 1. The predicted octanol–water partition coefficient (Wildman–Crippen LogP) is 0.0589. The summed E-state index contributed by atoms with van der Waals surface area (Å²) in [5.74, 6) is -1.23. The van der Waals surface area contributed by atoms with Crippen molar-refractivity contribution in [3.05, 3.63) is 24.3 Å². The van der Waals surface area contributed by atoms with Crippen LogP contribution in [0.5, 0.6) is 5.75 Å². The van der Waals surface area contributed by atoms with Crippen molar-refractivity contribution in [2.45, 2.75) is 12.5 Å². The van der Waals surface area contributed by atoms with Crippen LogP contribution >= 0.6 is 0 Å². The van der Waals surface area contributed by atoms with E-state index in [4.69, 9.17) is 9.84 Å². The zero-order chi connectivity index (χ0) is 15.2. The van der Waals surface area contributed by atoms with Gasteiger partial charge in [-0.3, -0.25) is 4.79 Å². The number of rotatable bonds is 7. The highest BCUT2D eigenvalue weighted by Crippen LogP contribution is 2.22. The largest absolute Gasteiger partial charge is 0.495 e. The van der Waals surface area contributed by atoms with Gasteiger partial charge < -0.3 is 25.6 Å². The van der Waals surface area contributed by atoms with Crippen LogP contribution in [0.25, 0.3) is 0 Å². The van der Waals surface area contributed by atoms with Gasteiger partial charge >= 0.3 is 5.97 Å². The van der Waals surface area contributed by atoms with Crippen molar-refractivity contribution in [3.8, 4) is 5.75 Å². The molecular weight excluding hydrogens is 264 g/mol. The number of methoxy groups -OCH3 is 1. The van der Waals surface area contributed by atoms with Crippen LogP contribution in [0.1, 0.15) is 6.92 Å². The van der Waals surface area contributed by atoms with Gasteiger partial charge in [0.05, 0.1) is 25.9 Å². The van der Waals surface area contributed by atoms with Crippen LogP contribution in [-0.2, 0) is 9.59 Å². The Morgan fingerprint density at radius 3 is 2.60 bits per heavy atom. The number of carboxylic acid groups (broad SMARTS) is 1. The molecule has 1 aromatic rings. The van der Waals surface area contributed by atoms with Gasteiger partial charge in [-0.1, -0.05) is 12.1 Å². The van der Waals surface area contributed by atoms with Crippen LogP contribution in [0.2, 0.25) is 0 Å². The molecule has 0 fully saturated rings. The highest BCUT2D eigenvalue weighted by molar-refractivity contribution is 5.83. The van der Waals surface area contributed by atoms with Gasteiger partial charge in [0, 0.05) is 0 Å². The second-order valence-electron chi connectivity index (χ2n) is 4.41. The molecule has 20 heavy (non-hydrogen) atoms. The fourth-order valence-electron chi connectivity index (χ4n) is 1.37. The summed E-state index contributed by atoms with van der Waals surface area (Å²) in [6.07, 6.45) is 0. The molecule has 0 spiro atoms. The molecule has 7 heteroatoms. The van der Waals surface area contributed by atoms with E-state index < -0.39 is 17.5 Å². The van der Waals surface area contributed by atoms with Crippen LogP contribution in [0.4, 0.5) is 5.69 Å². The molecule has 0 aliphatic carbocycles. The van der Waals surface area contributed by atoms with E-state index in [2.05, 4.69) is 10.6 Å². The van der Waals surface area contributed by atoms with Gasteiger partial charge in [0.15, 0.2) is 5.60 Å². The molecule has 0 radical (unpaired) electrons. The van der Waals surface area contributed by atoms with Crippen molar-refractivity contribution in [3.63, 3.8) is 0 Å². The Kier molecular flexibility index (Phi) is 5.33. The number of para-hydroxylation sites is 2. The van der Waals surface area contributed by atoms with E-state index >= 15 is 0 Å². The molecule has 1 atom stereocenters. The molecule has 1 unspecified atom stereocenters. The number of aliphatic hydroxyl groups is 1. The molecule has 7 nitrogen and oxygen atoms in total. The number of carbonyl (C=O) groups is 2. The summed E-state index contributed by atoms with van der Waals surface area (Å²) < 4.78 is 5.11. The summed E-state index contributed by atoms with van der Waals surface area (Å²) in [6.45, 7) is 0.689. The molecule has 1 rings (SSSR count). The molecule has 4 N–H and O–H groups in total. The zero-order valence-corrected chi connectivity index (χ0v) is 11.3. The van der Waals surface area contributed by atoms with Crippen molar-refractivity contribution in [2.24, 2.45) is 0 Å². The minimum atomic E-state index is -1.99. The molecule has 1 amide bonds. The second-order valence-corrected chi connectivity index (χ2v) is 4.41. The highest BCUT2D eigenvalue weighted by atomic mass is 16.5. The summed E-state index contributed by atoms with van der Waals surface area (Å²) in [4.78, 5) is 22.2. The quantitative estimate of drug-likeness (QED) is 0.563. The first-order valence-electron chi connectivity index (χ1n) is 5.96. The first kappa shape index (κ1) is 15.8. The number of carbonyl (C=O) groups excluding carboxylic acids is 1. The number of ether oxygens (including phenoxy) is 1. The maximum Gasteiger partial charge on any atom is 0.337 e. The SMILES string of the molecule is COc1ccccc1NCC(=O)NCC(C)(O)C(=O)O. The summed E-state index contributed by atoms with van der Waals surface area (Å²) >= 11 is 0. The number of amides is 1. The van der Waals surface area contributed by atoms with Gasteiger partial charge in [-0.25, -0.2) is 4.79 Å². The van der Waals surface area contributed by atoms with E-state index in [1.165, 1.54) is 7.11 Å². The lowest BCUT2D eigenvalue weighted by Crippen LogP contribution is -2.47. The first-order chi connectivity index (χ1) is 9.36. The molecule has 0 heterocycles. The van der Waals surface area contributed by atoms with Crippen LogP contribution in [0, 0.1) is 0 Å². The number of anilines is 1. The summed E-state index contributed by atoms with van der Waals surface area (Å²) in [6, 6.07) is 7.08. The molecule has 110 valence electrons. The Bertz CT molecular complexity index is 487. The molecule has 0 saturated carbocycles. The van der Waals surface area contributed by atoms with Crippen LogP contribution in [0.3, 0.4) is 0 Å². The van der Waals surface area contributed by atoms with Gasteiger partial charge in [-0.05, 0) is 19.1 Å². The highest BCUT2D eigenvalue weighted by Gasteiger charge is 2.30. The number of nitrogens with one attached hydrogen (secondary N) is 2. The van der Waals surface area contributed by atoms with Crippen LogP contribution in [-0.4, -0.2) is 47.9 Å². The average molecular weight is 282 g/mol. The van der Waals surface area contributed by atoms with Crippen molar-refractivity contribution >= 4 is 17.6 Å². The molecule has 1 aromatic carbocycles. The standard InChI is InChI=1S/C13H18N2O5/c1-13(19,12(17)18)8-15-11(16)7-14-9-5-3-4-6-10(9)20-2/h3-6,14,19H,7-8H2,1-2H3,(H,15,16)(H,17,18). The fourth-order valence-corrected chi connectivity index (χ4v) is 1.37. The van der Waals surface area contributed by atoms with Gasteiger partial charge in [-0.15, -0.1) is 0 Å². The summed E-state index contributed by atoms with van der Waals surface area (Å²) in [5, 5.41) is 23.4. The Balaban J connectivity index is 2.46. The first-order valence-corrected chi connectivity index (χ1v) is 5.96. The van der Waals surface area contributed by atoms with Gasteiger partial charge in [-0.2, -0.15) is 0 Å². The minimum Gasteiger partial charge on any atom is -0.495 e. The normalized spacial score (nSPS) is 13.2. The Morgan fingerprint density at radius 1 is 1.35 bits per heavy atom. The molecule has 0 bridgehead atoms. The van der Waals surface area contributed by atoms with E-state index in [9.17, 15) is 14.7 Å². The lowest BCUT2D eigenvalue weighted by Gasteiger charge is -2.18. The monoisotopic (exact) mass is 282 g/mol. The third-order valence-electron chi connectivity index (χ3n) is 2.64. The Hall–Kier alpha value is -2.28. The van der Waals surface area contributed by atoms with Gasteiger partial charge in [0.1, 0.15) is 5.75 Å². The maximum absolute atomic E-state index is 11.6. The molecule has 0 aromatic heterocycles. The number of aliphatic carboxylic acids is 1. The minimum absolute atomic E-state index is 0.0595. The van der Waals surface area contributed by atoms with Crippen molar-refractivity contribution in [1.82, 2.24) is 5.32 Å².